The first kappa shape index (κ1) is 47.5. The van der Waals surface area contributed by atoms with Gasteiger partial charge in [0.25, 0.3) is 0 Å². The van der Waals surface area contributed by atoms with Gasteiger partial charge in [0, 0.05) is 40.5 Å². The smallest absolute Gasteiger partial charge is 0.358 e. The molecule has 2 aromatic carbocycles. The Bertz CT molecular complexity index is 2290. The van der Waals surface area contributed by atoms with E-state index in [0.717, 1.165) is 28.4 Å². The number of aromatic nitrogens is 4. The highest BCUT2D eigenvalue weighted by Crippen LogP contribution is 2.49. The molecule has 0 amide bonds. The number of nitrogens with two attached hydrogens (primary N) is 3. The van der Waals surface area contributed by atoms with Crippen LogP contribution >= 0.6 is 47.1 Å². The number of hydrogen-bond donors (Lipinski definition) is 4. The summed E-state index contributed by atoms with van der Waals surface area (Å²) < 4.78 is 91.6. The highest BCUT2D eigenvalue weighted by atomic mass is 79.9. The third kappa shape index (κ3) is 14.4. The number of carboxylic acids is 1. The Hall–Kier alpha value is -3.70. The van der Waals surface area contributed by atoms with Gasteiger partial charge in [-0.2, -0.15) is 0 Å². The van der Waals surface area contributed by atoms with Gasteiger partial charge in [0.1, 0.15) is 14.9 Å². The maximum Gasteiger partial charge on any atom is 0.358 e. The molecule has 0 aliphatic carbocycles. The molecule has 0 saturated heterocycles. The highest BCUT2D eigenvalue weighted by molar-refractivity contribution is 9.10. The maximum absolute atomic E-state index is 12.4. The number of ketones is 1. The SMILES string of the molecule is COP(=O)(CS(=O)(=O)c1ccc(CC(=O)c2nc(Br)cnc2N)cc1)OC.COP(=O)(CS(=O)(=O)c1ccc(N)cc1)OC.Nc1ncc(Br)nc1C(=O)O. The molecule has 0 aliphatic rings. The van der Waals surface area contributed by atoms with E-state index >= 15 is 0 Å². The van der Waals surface area contributed by atoms with Crippen molar-refractivity contribution in [2.24, 2.45) is 0 Å². The molecule has 0 saturated carbocycles. The van der Waals surface area contributed by atoms with Crippen molar-refractivity contribution < 1.29 is 58.8 Å². The van der Waals surface area contributed by atoms with Gasteiger partial charge in [-0.3, -0.25) is 13.9 Å². The number of aromatic carboxylic acids is 1. The molecule has 26 heteroatoms. The van der Waals surface area contributed by atoms with Crippen LogP contribution in [0.15, 0.2) is 79.9 Å². The van der Waals surface area contributed by atoms with Crippen LogP contribution < -0.4 is 17.2 Å². The molecule has 0 radical (unpaired) electrons. The fourth-order valence-corrected chi connectivity index (χ4v) is 12.0. The number of rotatable bonds is 14. The lowest BCUT2D eigenvalue weighted by atomic mass is 10.1. The zero-order valence-electron chi connectivity index (χ0n) is 29.2. The van der Waals surface area contributed by atoms with Crippen LogP contribution in [0.3, 0.4) is 0 Å². The van der Waals surface area contributed by atoms with Gasteiger partial charge >= 0.3 is 21.2 Å². The molecule has 4 rings (SSSR count). The van der Waals surface area contributed by atoms with E-state index in [0.29, 0.717) is 20.5 Å². The van der Waals surface area contributed by atoms with Crippen molar-refractivity contribution in [2.45, 2.75) is 16.2 Å². The van der Waals surface area contributed by atoms with Crippen molar-refractivity contribution in [1.29, 1.82) is 0 Å². The average Bonchev–Trinajstić information content (AvgIpc) is 3.14. The van der Waals surface area contributed by atoms with Gasteiger partial charge in [-0.15, -0.1) is 0 Å². The van der Waals surface area contributed by atoms with Gasteiger partial charge in [-0.1, -0.05) is 12.1 Å². The van der Waals surface area contributed by atoms with Gasteiger partial charge in [0.05, 0.1) is 22.2 Å². The van der Waals surface area contributed by atoms with Gasteiger partial charge in [0.2, 0.25) is 0 Å². The van der Waals surface area contributed by atoms with Crippen LogP contribution in [-0.2, 0) is 53.3 Å². The van der Waals surface area contributed by atoms with Crippen molar-refractivity contribution in [3.05, 3.63) is 87.1 Å². The Balaban J connectivity index is 0.000000317. The Morgan fingerprint density at radius 3 is 1.40 bits per heavy atom. The third-order valence-corrected chi connectivity index (χ3v) is 16.9. The van der Waals surface area contributed by atoms with Crippen molar-refractivity contribution >= 4 is 95.8 Å². The lowest BCUT2D eigenvalue weighted by molar-refractivity contribution is 0.0690. The van der Waals surface area contributed by atoms with E-state index in [1.54, 1.807) is 0 Å². The number of Topliss-reactive ketones (excluding diaryl/α,β-unsaturated/α-hetero) is 1. The summed E-state index contributed by atoms with van der Waals surface area (Å²) in [4.78, 5) is 37.7. The van der Waals surface area contributed by atoms with E-state index in [1.807, 2.05) is 0 Å². The largest absolute Gasteiger partial charge is 0.476 e. The first-order chi connectivity index (χ1) is 25.5. The number of nitrogens with zero attached hydrogens (tertiary/aromatic N) is 4. The number of carbonyl (C=O) groups excluding carboxylic acids is 1. The standard InChI is InChI=1S/C15H17BrN3O6PS.C9H14NO5PS.C5H4BrN3O2/c1-24-26(21,25-2)9-27(22,23)11-5-3-10(4-6-11)7-12(20)14-15(17)18-8-13(16)19-14;1-14-16(11,15-2)7-17(12,13)9-5-3-8(10)4-6-9;6-2-1-8-4(7)3(9-2)5(10)11/h3-6,8H,7,9H2,1-2H3,(H2,17,18);3-6H,7,10H2,1-2H3;1H,(H2,7,8)(H,10,11). The van der Waals surface area contributed by atoms with Crippen LogP contribution in [0, 0.1) is 0 Å². The minimum atomic E-state index is -3.90. The van der Waals surface area contributed by atoms with Crippen LogP contribution in [0.5, 0.6) is 0 Å². The second kappa shape index (κ2) is 20.5. The van der Waals surface area contributed by atoms with E-state index in [4.69, 9.17) is 22.3 Å². The topological polar surface area (TPSA) is 323 Å². The van der Waals surface area contributed by atoms with E-state index in [9.17, 15) is 35.6 Å². The summed E-state index contributed by atoms with van der Waals surface area (Å²) in [6.07, 6.45) is 2.68. The molecule has 0 unspecified atom stereocenters. The fourth-order valence-electron chi connectivity index (χ4n) is 3.80. The van der Waals surface area contributed by atoms with E-state index in [1.165, 1.54) is 60.9 Å². The lowest BCUT2D eigenvalue weighted by Crippen LogP contribution is -2.12. The molecule has 7 N–H and O–H groups in total. The van der Waals surface area contributed by atoms with Crippen molar-refractivity contribution in [3.63, 3.8) is 0 Å². The quantitative estimate of drug-likeness (QED) is 0.0769. The normalized spacial score (nSPS) is 11.7. The van der Waals surface area contributed by atoms with Crippen LogP contribution in [0.4, 0.5) is 17.3 Å². The number of hydrogen-bond acceptors (Lipinski definition) is 19. The first-order valence-electron chi connectivity index (χ1n) is 14.7. The second-order valence-electron chi connectivity index (χ2n) is 10.4. The lowest BCUT2D eigenvalue weighted by Gasteiger charge is -2.13. The van der Waals surface area contributed by atoms with Crippen molar-refractivity contribution in [3.8, 4) is 0 Å². The molecule has 4 aromatic rings. The predicted octanol–water partition coefficient (Wildman–Crippen LogP) is 4.47. The third-order valence-electron chi connectivity index (χ3n) is 6.66. The summed E-state index contributed by atoms with van der Waals surface area (Å²) in [5.74, 6) is -1.62. The Morgan fingerprint density at radius 2 is 1.04 bits per heavy atom. The van der Waals surface area contributed by atoms with Crippen LogP contribution in [0.1, 0.15) is 26.5 Å². The Kier molecular flexibility index (Phi) is 17.7. The molecule has 300 valence electrons. The minimum Gasteiger partial charge on any atom is -0.476 e. The molecule has 20 nitrogen and oxygen atoms in total. The van der Waals surface area contributed by atoms with Crippen molar-refractivity contribution in [2.75, 3.05) is 56.6 Å². The summed E-state index contributed by atoms with van der Waals surface area (Å²) in [5, 5.41) is 8.49. The Labute approximate surface area is 332 Å². The molecule has 0 atom stereocenters. The highest BCUT2D eigenvalue weighted by Gasteiger charge is 2.32. The maximum atomic E-state index is 12.4. The van der Waals surface area contributed by atoms with Crippen LogP contribution in [0.25, 0.3) is 0 Å². The van der Waals surface area contributed by atoms with E-state index < -0.39 is 51.8 Å². The second-order valence-corrected chi connectivity index (χ2v) is 21.4. The summed E-state index contributed by atoms with van der Waals surface area (Å²) in [6.45, 7) is 0. The minimum absolute atomic E-state index is 0.0114. The number of halogens is 2. The number of benzene rings is 2. The summed E-state index contributed by atoms with van der Waals surface area (Å²) in [5.41, 5.74) is 15.7. The molecule has 0 aliphatic heterocycles. The summed E-state index contributed by atoms with van der Waals surface area (Å²) >= 11 is 6.10. The molecule has 2 aromatic heterocycles. The predicted molar refractivity (Wildman–Crippen MR) is 208 cm³/mol. The number of carbonyl (C=O) groups is 2. The number of nitrogen functional groups attached to an aromatic ring is 3. The van der Waals surface area contributed by atoms with E-state index in [2.05, 4.69) is 69.9 Å². The van der Waals surface area contributed by atoms with Crippen LogP contribution in [-0.4, -0.2) is 93.1 Å². The average molecular weight is 976 g/mol. The number of anilines is 3. The molecular weight excluding hydrogens is 940 g/mol. The molecule has 0 bridgehead atoms. The number of sulfone groups is 2. The molecule has 0 spiro atoms. The molecule has 55 heavy (non-hydrogen) atoms. The zero-order chi connectivity index (χ0) is 41.8. The van der Waals surface area contributed by atoms with Crippen molar-refractivity contribution in [1.82, 2.24) is 19.9 Å². The molecular formula is C29H35Br2N7O13P2S2. The van der Waals surface area contributed by atoms with E-state index in [-0.39, 0.29) is 45.0 Å². The van der Waals surface area contributed by atoms with Gasteiger partial charge < -0.3 is 40.4 Å². The first-order valence-corrected chi connectivity index (χ1v) is 23.0. The van der Waals surface area contributed by atoms with Crippen LogP contribution in [0.2, 0.25) is 0 Å². The number of carboxylic acid groups (broad SMARTS) is 1. The zero-order valence-corrected chi connectivity index (χ0v) is 35.8. The monoisotopic (exact) mass is 973 g/mol. The molecule has 2 heterocycles. The fraction of sp³-hybridized carbons (Fsp3) is 0.241. The molecule has 0 fully saturated rings. The summed E-state index contributed by atoms with van der Waals surface area (Å²) in [7, 11) is -10.4. The van der Waals surface area contributed by atoms with Gasteiger partial charge in [0.15, 0.2) is 53.8 Å². The van der Waals surface area contributed by atoms with Gasteiger partial charge in [-0.25, -0.2) is 41.6 Å². The summed E-state index contributed by atoms with van der Waals surface area (Å²) in [6, 6.07) is 11.2. The van der Waals surface area contributed by atoms with Gasteiger partial charge in [-0.05, 0) is 73.8 Å². The Morgan fingerprint density at radius 1 is 0.673 bits per heavy atom.